The second kappa shape index (κ2) is 4.14. The third-order valence-electron chi connectivity index (χ3n) is 3.24. The first kappa shape index (κ1) is 12.1. The van der Waals surface area contributed by atoms with Crippen molar-refractivity contribution in [1.82, 2.24) is 4.98 Å². The van der Waals surface area contributed by atoms with Crippen molar-refractivity contribution in [2.24, 2.45) is 0 Å². The predicted octanol–water partition coefficient (Wildman–Crippen LogP) is 4.66. The van der Waals surface area contributed by atoms with E-state index in [9.17, 15) is 0 Å². The summed E-state index contributed by atoms with van der Waals surface area (Å²) >= 11 is 0. The number of hydrogen-bond donors (Lipinski definition) is 0. The maximum atomic E-state index is 4.53. The molecular weight excluding hydrogens is 206 g/mol. The van der Waals surface area contributed by atoms with E-state index < -0.39 is 0 Å². The van der Waals surface area contributed by atoms with Crippen molar-refractivity contribution in [3.05, 3.63) is 41.6 Å². The number of pyridine rings is 1. The number of rotatable bonds is 1. The van der Waals surface area contributed by atoms with E-state index in [0.717, 1.165) is 5.52 Å². The molecule has 0 spiro atoms. The van der Waals surface area contributed by atoms with Crippen molar-refractivity contribution in [3.8, 4) is 0 Å². The first-order chi connectivity index (χ1) is 7.88. The average Bonchev–Trinajstić information content (AvgIpc) is 2.26. The Hall–Kier alpha value is -1.37. The van der Waals surface area contributed by atoms with E-state index in [0.29, 0.717) is 5.92 Å². The van der Waals surface area contributed by atoms with Crippen LogP contribution in [0.5, 0.6) is 0 Å². The van der Waals surface area contributed by atoms with Gasteiger partial charge in [-0.2, -0.15) is 0 Å². The summed E-state index contributed by atoms with van der Waals surface area (Å²) in [6.07, 6.45) is 1.99. The quantitative estimate of drug-likeness (QED) is 0.690. The molecule has 0 amide bonds. The van der Waals surface area contributed by atoms with Crippen LogP contribution in [-0.4, -0.2) is 4.98 Å². The van der Waals surface area contributed by atoms with Crippen LogP contribution >= 0.6 is 0 Å². The van der Waals surface area contributed by atoms with E-state index in [4.69, 9.17) is 0 Å². The molecule has 2 aromatic rings. The summed E-state index contributed by atoms with van der Waals surface area (Å²) < 4.78 is 0. The van der Waals surface area contributed by atoms with Crippen molar-refractivity contribution >= 4 is 10.9 Å². The fourth-order valence-electron chi connectivity index (χ4n) is 1.93. The van der Waals surface area contributed by atoms with Crippen LogP contribution in [0.4, 0.5) is 0 Å². The molecule has 0 unspecified atom stereocenters. The van der Waals surface area contributed by atoms with Gasteiger partial charge in [0.25, 0.3) is 0 Å². The lowest BCUT2D eigenvalue weighted by Crippen LogP contribution is -2.10. The van der Waals surface area contributed by atoms with E-state index in [2.05, 4.69) is 63.9 Å². The number of hydrogen-bond acceptors (Lipinski definition) is 1. The largest absolute Gasteiger partial charge is 0.256 e. The Morgan fingerprint density at radius 2 is 1.76 bits per heavy atom. The van der Waals surface area contributed by atoms with E-state index in [-0.39, 0.29) is 5.41 Å². The van der Waals surface area contributed by atoms with E-state index in [1.165, 1.54) is 16.5 Å². The molecule has 17 heavy (non-hydrogen) atoms. The highest BCUT2D eigenvalue weighted by Gasteiger charge is 2.14. The Labute approximate surface area is 104 Å². The molecule has 1 nitrogen and oxygen atoms in total. The molecule has 0 saturated heterocycles. The zero-order chi connectivity index (χ0) is 12.6. The Balaban J connectivity index is 2.59. The topological polar surface area (TPSA) is 12.9 Å². The first-order valence-corrected chi connectivity index (χ1v) is 6.28. The van der Waals surface area contributed by atoms with Crippen LogP contribution in [0, 0.1) is 0 Å². The molecule has 2 rings (SSSR count). The number of nitrogens with zero attached hydrogens (tertiary/aromatic N) is 1. The van der Waals surface area contributed by atoms with Gasteiger partial charge in [-0.1, -0.05) is 40.7 Å². The fraction of sp³-hybridized carbons (Fsp3) is 0.438. The van der Waals surface area contributed by atoms with Crippen LogP contribution in [0.3, 0.4) is 0 Å². The summed E-state index contributed by atoms with van der Waals surface area (Å²) in [5.74, 6) is 0.533. The Morgan fingerprint density at radius 1 is 1.06 bits per heavy atom. The normalized spacial score (nSPS) is 12.4. The molecule has 1 heterocycles. The second-order valence-corrected chi connectivity index (χ2v) is 6.08. The highest BCUT2D eigenvalue weighted by Crippen LogP contribution is 2.26. The van der Waals surface area contributed by atoms with Gasteiger partial charge >= 0.3 is 0 Å². The summed E-state index contributed by atoms with van der Waals surface area (Å²) in [6, 6.07) is 8.85. The van der Waals surface area contributed by atoms with Crippen molar-refractivity contribution < 1.29 is 0 Å². The molecule has 0 aliphatic heterocycles. The molecule has 1 aromatic heterocycles. The monoisotopic (exact) mass is 227 g/mol. The molecule has 0 saturated carbocycles. The van der Waals surface area contributed by atoms with Crippen LogP contribution in [0.2, 0.25) is 0 Å². The maximum Gasteiger partial charge on any atom is 0.0702 e. The van der Waals surface area contributed by atoms with Gasteiger partial charge in [-0.05, 0) is 40.7 Å². The molecule has 0 aliphatic carbocycles. The number of fused-ring (bicyclic) bond motifs is 1. The van der Waals surface area contributed by atoms with Crippen molar-refractivity contribution in [1.29, 1.82) is 0 Å². The van der Waals surface area contributed by atoms with Gasteiger partial charge in [-0.25, -0.2) is 0 Å². The first-order valence-electron chi connectivity index (χ1n) is 6.28. The van der Waals surface area contributed by atoms with Crippen LogP contribution in [0.15, 0.2) is 30.5 Å². The molecule has 0 N–H and O–H groups in total. The minimum atomic E-state index is 0.196. The van der Waals surface area contributed by atoms with Crippen LogP contribution in [0.25, 0.3) is 10.9 Å². The molecule has 0 radical (unpaired) electrons. The molecule has 1 heteroatoms. The third-order valence-corrected chi connectivity index (χ3v) is 3.24. The molecule has 90 valence electrons. The van der Waals surface area contributed by atoms with Gasteiger partial charge in [0.15, 0.2) is 0 Å². The Bertz CT molecular complexity index is 533. The SMILES string of the molecule is CC(C)c1cnc2ccc(C(C)(C)C)cc2c1. The molecule has 0 aliphatic rings. The summed E-state index contributed by atoms with van der Waals surface area (Å²) in [5.41, 5.74) is 3.96. The fourth-order valence-corrected chi connectivity index (χ4v) is 1.93. The Kier molecular flexibility index (Phi) is 2.94. The van der Waals surface area contributed by atoms with E-state index in [1.807, 2.05) is 6.20 Å². The lowest BCUT2D eigenvalue weighted by molar-refractivity contribution is 0.591. The lowest BCUT2D eigenvalue weighted by Gasteiger charge is -2.19. The minimum Gasteiger partial charge on any atom is -0.256 e. The van der Waals surface area contributed by atoms with Gasteiger partial charge in [0.05, 0.1) is 5.52 Å². The summed E-state index contributed by atoms with van der Waals surface area (Å²) in [6.45, 7) is 11.1. The van der Waals surface area contributed by atoms with E-state index in [1.54, 1.807) is 0 Å². The predicted molar refractivity (Wildman–Crippen MR) is 74.5 cm³/mol. The molecular formula is C16H21N. The average molecular weight is 227 g/mol. The highest BCUT2D eigenvalue weighted by molar-refractivity contribution is 5.80. The zero-order valence-corrected chi connectivity index (χ0v) is 11.4. The smallest absolute Gasteiger partial charge is 0.0702 e. The molecule has 0 atom stereocenters. The van der Waals surface area contributed by atoms with Gasteiger partial charge in [-0.3, -0.25) is 4.98 Å². The van der Waals surface area contributed by atoms with Gasteiger partial charge in [0.1, 0.15) is 0 Å². The van der Waals surface area contributed by atoms with Crippen LogP contribution < -0.4 is 0 Å². The number of benzene rings is 1. The van der Waals surface area contributed by atoms with Gasteiger partial charge in [-0.15, -0.1) is 0 Å². The highest BCUT2D eigenvalue weighted by atomic mass is 14.6. The third kappa shape index (κ3) is 2.49. The van der Waals surface area contributed by atoms with Crippen LogP contribution in [0.1, 0.15) is 51.7 Å². The van der Waals surface area contributed by atoms with Crippen molar-refractivity contribution in [2.45, 2.75) is 46.0 Å². The zero-order valence-electron chi connectivity index (χ0n) is 11.4. The molecule has 0 bridgehead atoms. The van der Waals surface area contributed by atoms with Crippen molar-refractivity contribution in [3.63, 3.8) is 0 Å². The second-order valence-electron chi connectivity index (χ2n) is 6.08. The summed E-state index contributed by atoms with van der Waals surface area (Å²) in [4.78, 5) is 4.53. The maximum absolute atomic E-state index is 4.53. The van der Waals surface area contributed by atoms with Gasteiger partial charge in [0, 0.05) is 11.6 Å². The van der Waals surface area contributed by atoms with Gasteiger partial charge < -0.3 is 0 Å². The molecule has 0 fully saturated rings. The Morgan fingerprint density at radius 3 is 2.35 bits per heavy atom. The summed E-state index contributed by atoms with van der Waals surface area (Å²) in [5, 5.41) is 1.25. The van der Waals surface area contributed by atoms with E-state index >= 15 is 0 Å². The minimum absolute atomic E-state index is 0.196. The standard InChI is InChI=1S/C16H21N/c1-11(2)13-8-12-9-14(16(3,4)5)6-7-15(12)17-10-13/h6-11H,1-5H3. The number of aromatic nitrogens is 1. The van der Waals surface area contributed by atoms with Crippen LogP contribution in [-0.2, 0) is 5.41 Å². The van der Waals surface area contributed by atoms with Crippen molar-refractivity contribution in [2.75, 3.05) is 0 Å². The van der Waals surface area contributed by atoms with Gasteiger partial charge in [0.2, 0.25) is 0 Å². The summed E-state index contributed by atoms with van der Waals surface area (Å²) in [7, 11) is 0. The molecule has 1 aromatic carbocycles. The lowest BCUT2D eigenvalue weighted by atomic mass is 9.86.